The molecule has 2 unspecified atom stereocenters. The minimum Gasteiger partial charge on any atom is -0.491 e. The van der Waals surface area contributed by atoms with E-state index in [2.05, 4.69) is 0 Å². The van der Waals surface area contributed by atoms with E-state index in [0.29, 0.717) is 12.3 Å². The summed E-state index contributed by atoms with van der Waals surface area (Å²) in [7, 11) is -1.08. The molecule has 0 aliphatic carbocycles. The molecule has 4 nitrogen and oxygen atoms in total. The first-order chi connectivity index (χ1) is 8.82. The molecule has 1 aromatic rings. The molecule has 0 amide bonds. The Morgan fingerprint density at radius 1 is 1.32 bits per heavy atom. The topological polar surface area (TPSA) is 72.5 Å². The summed E-state index contributed by atoms with van der Waals surface area (Å²) < 4.78 is 17.0. The van der Waals surface area contributed by atoms with Crippen LogP contribution in [0.5, 0.6) is 5.75 Å². The van der Waals surface area contributed by atoms with Crippen LogP contribution in [0.1, 0.15) is 26.3 Å². The predicted molar refractivity (Wildman–Crippen MR) is 78.6 cm³/mol. The molecule has 0 spiro atoms. The molecule has 0 saturated heterocycles. The van der Waals surface area contributed by atoms with Crippen molar-refractivity contribution in [2.45, 2.75) is 38.2 Å². The molecule has 1 rings (SSSR count). The van der Waals surface area contributed by atoms with Crippen LogP contribution in [0.3, 0.4) is 0 Å². The number of aliphatic hydroxyl groups excluding tert-OH is 1. The van der Waals surface area contributed by atoms with Gasteiger partial charge in [0, 0.05) is 22.1 Å². The maximum Gasteiger partial charge on any atom is 0.119 e. The fourth-order valence-electron chi connectivity index (χ4n) is 1.39. The lowest BCUT2D eigenvalue weighted by molar-refractivity contribution is 0.125. The second-order valence-electron chi connectivity index (χ2n) is 5.44. The Morgan fingerprint density at radius 3 is 2.37 bits per heavy atom. The average Bonchev–Trinajstić information content (AvgIpc) is 2.35. The first kappa shape index (κ1) is 16.1. The highest BCUT2D eigenvalue weighted by Crippen LogP contribution is 2.14. The molecular weight excluding hydrogens is 262 g/mol. The van der Waals surface area contributed by atoms with Crippen LogP contribution >= 0.6 is 0 Å². The van der Waals surface area contributed by atoms with E-state index in [4.69, 9.17) is 10.5 Å². The molecule has 0 aliphatic heterocycles. The molecular formula is C14H23NO3S. The van der Waals surface area contributed by atoms with Gasteiger partial charge in [0.1, 0.15) is 12.4 Å². The Bertz CT molecular complexity index is 412. The van der Waals surface area contributed by atoms with E-state index in [0.717, 1.165) is 5.56 Å². The minimum atomic E-state index is -1.08. The molecule has 0 heterocycles. The fourth-order valence-corrected chi connectivity index (χ4v) is 2.33. The summed E-state index contributed by atoms with van der Waals surface area (Å²) in [6, 6.07) is 7.40. The molecule has 0 radical (unpaired) electrons. The van der Waals surface area contributed by atoms with Gasteiger partial charge in [-0.2, -0.15) is 0 Å². The van der Waals surface area contributed by atoms with Gasteiger partial charge in [0.25, 0.3) is 0 Å². The monoisotopic (exact) mass is 285 g/mol. The first-order valence-corrected chi connectivity index (χ1v) is 7.63. The highest BCUT2D eigenvalue weighted by Gasteiger charge is 2.22. The van der Waals surface area contributed by atoms with Crippen molar-refractivity contribution in [3.8, 4) is 5.75 Å². The van der Waals surface area contributed by atoms with Crippen molar-refractivity contribution in [3.05, 3.63) is 29.8 Å². The lowest BCUT2D eigenvalue weighted by Gasteiger charge is -2.20. The minimum absolute atomic E-state index is 0.143. The quantitative estimate of drug-likeness (QED) is 0.829. The fraction of sp³-hybridized carbons (Fsp3) is 0.571. The van der Waals surface area contributed by atoms with Gasteiger partial charge in [-0.05, 0) is 38.5 Å². The molecule has 0 saturated carbocycles. The molecule has 0 aliphatic rings. The van der Waals surface area contributed by atoms with Crippen LogP contribution in [0.15, 0.2) is 24.3 Å². The number of rotatable bonds is 6. The maximum atomic E-state index is 11.9. The SMILES string of the molecule is CC(C)(C)S(=O)CC(O)COc1ccc(CN)cc1. The van der Waals surface area contributed by atoms with Crippen molar-refractivity contribution >= 4 is 10.8 Å². The maximum absolute atomic E-state index is 11.9. The zero-order valence-corrected chi connectivity index (χ0v) is 12.6. The zero-order chi connectivity index (χ0) is 14.5. The summed E-state index contributed by atoms with van der Waals surface area (Å²) in [5, 5.41) is 9.81. The van der Waals surface area contributed by atoms with Crippen LogP contribution in [-0.4, -0.2) is 32.5 Å². The standard InChI is InChI=1S/C14H23NO3S/c1-14(2,3)19(17)10-12(16)9-18-13-6-4-11(8-15)5-7-13/h4-7,12,16H,8-10,15H2,1-3H3. The van der Waals surface area contributed by atoms with E-state index in [1.54, 1.807) is 0 Å². The lowest BCUT2D eigenvalue weighted by Crippen LogP contribution is -2.32. The Hall–Kier alpha value is -0.910. The largest absolute Gasteiger partial charge is 0.491 e. The second kappa shape index (κ2) is 7.03. The summed E-state index contributed by atoms with van der Waals surface area (Å²) >= 11 is 0. The highest BCUT2D eigenvalue weighted by molar-refractivity contribution is 7.86. The summed E-state index contributed by atoms with van der Waals surface area (Å²) in [4.78, 5) is 0. The molecule has 0 fully saturated rings. The highest BCUT2D eigenvalue weighted by atomic mass is 32.2. The predicted octanol–water partition coefficient (Wildman–Crippen LogP) is 1.43. The number of hydrogen-bond donors (Lipinski definition) is 2. The number of nitrogens with two attached hydrogens (primary N) is 1. The van der Waals surface area contributed by atoms with Gasteiger partial charge < -0.3 is 15.6 Å². The first-order valence-electron chi connectivity index (χ1n) is 6.31. The number of aliphatic hydroxyl groups is 1. The van der Waals surface area contributed by atoms with Gasteiger partial charge >= 0.3 is 0 Å². The van der Waals surface area contributed by atoms with Gasteiger partial charge in [-0.3, -0.25) is 4.21 Å². The van der Waals surface area contributed by atoms with E-state index in [1.165, 1.54) is 0 Å². The van der Waals surface area contributed by atoms with Crippen molar-refractivity contribution in [2.24, 2.45) is 5.73 Å². The number of benzene rings is 1. The Balaban J connectivity index is 2.41. The van der Waals surface area contributed by atoms with Crippen LogP contribution in [0.25, 0.3) is 0 Å². The number of ether oxygens (including phenoxy) is 1. The summed E-state index contributed by atoms with van der Waals surface area (Å²) in [5.74, 6) is 0.905. The third-order valence-corrected chi connectivity index (χ3v) is 4.68. The Kier molecular flexibility index (Phi) is 5.97. The molecule has 0 aromatic heterocycles. The Labute approximate surface area is 117 Å². The van der Waals surface area contributed by atoms with E-state index < -0.39 is 16.9 Å². The third kappa shape index (κ3) is 5.72. The second-order valence-corrected chi connectivity index (χ2v) is 7.69. The third-order valence-electron chi connectivity index (χ3n) is 2.63. The van der Waals surface area contributed by atoms with E-state index in [9.17, 15) is 9.32 Å². The summed E-state index contributed by atoms with van der Waals surface area (Å²) in [6.45, 7) is 6.31. The van der Waals surface area contributed by atoms with Gasteiger partial charge in [0.2, 0.25) is 0 Å². The van der Waals surface area contributed by atoms with Gasteiger partial charge in [0.05, 0.1) is 11.9 Å². The average molecular weight is 285 g/mol. The lowest BCUT2D eigenvalue weighted by atomic mass is 10.2. The van der Waals surface area contributed by atoms with Gasteiger partial charge in [-0.1, -0.05) is 12.1 Å². The van der Waals surface area contributed by atoms with Crippen molar-refractivity contribution in [3.63, 3.8) is 0 Å². The normalized spacial score (nSPS) is 15.0. The van der Waals surface area contributed by atoms with Crippen LogP contribution in [-0.2, 0) is 17.3 Å². The molecule has 108 valence electrons. The van der Waals surface area contributed by atoms with Crippen molar-refractivity contribution in [1.82, 2.24) is 0 Å². The molecule has 19 heavy (non-hydrogen) atoms. The summed E-state index contributed by atoms with van der Waals surface area (Å²) in [6.07, 6.45) is -0.728. The Morgan fingerprint density at radius 2 is 1.89 bits per heavy atom. The van der Waals surface area contributed by atoms with Crippen LogP contribution < -0.4 is 10.5 Å². The van der Waals surface area contributed by atoms with Gasteiger partial charge in [0.15, 0.2) is 0 Å². The van der Waals surface area contributed by atoms with Crippen molar-refractivity contribution in [1.29, 1.82) is 0 Å². The molecule has 3 N–H and O–H groups in total. The van der Waals surface area contributed by atoms with E-state index in [-0.39, 0.29) is 17.1 Å². The molecule has 1 aromatic carbocycles. The van der Waals surface area contributed by atoms with E-state index >= 15 is 0 Å². The van der Waals surface area contributed by atoms with Gasteiger partial charge in [-0.25, -0.2) is 0 Å². The van der Waals surface area contributed by atoms with Gasteiger partial charge in [-0.15, -0.1) is 0 Å². The molecule has 0 bridgehead atoms. The van der Waals surface area contributed by atoms with Crippen molar-refractivity contribution < 1.29 is 14.1 Å². The number of hydrogen-bond acceptors (Lipinski definition) is 4. The smallest absolute Gasteiger partial charge is 0.119 e. The van der Waals surface area contributed by atoms with Crippen LogP contribution in [0, 0.1) is 0 Å². The van der Waals surface area contributed by atoms with Crippen LogP contribution in [0.4, 0.5) is 0 Å². The van der Waals surface area contributed by atoms with Crippen molar-refractivity contribution in [2.75, 3.05) is 12.4 Å². The zero-order valence-electron chi connectivity index (χ0n) is 11.8. The van der Waals surface area contributed by atoms with E-state index in [1.807, 2.05) is 45.0 Å². The molecule has 5 heteroatoms. The molecule has 2 atom stereocenters. The van der Waals surface area contributed by atoms with Crippen LogP contribution in [0.2, 0.25) is 0 Å². The summed E-state index contributed by atoms with van der Waals surface area (Å²) in [5.41, 5.74) is 6.53.